The van der Waals surface area contributed by atoms with Crippen LogP contribution in [0, 0.1) is 5.92 Å². The van der Waals surface area contributed by atoms with Crippen LogP contribution < -0.4 is 0 Å². The van der Waals surface area contributed by atoms with Gasteiger partial charge >= 0.3 is 0 Å². The molecule has 1 aromatic heterocycles. The molecule has 3 atom stereocenters. The minimum absolute atomic E-state index is 0.123. The Morgan fingerprint density at radius 2 is 2.55 bits per heavy atom. The third kappa shape index (κ3) is 1.33. The highest BCUT2D eigenvalue weighted by Crippen LogP contribution is 2.50. The molecule has 1 aliphatic rings. The van der Waals surface area contributed by atoms with Gasteiger partial charge in [0.15, 0.2) is 0 Å². The van der Waals surface area contributed by atoms with Crippen molar-refractivity contribution in [1.29, 1.82) is 0 Å². The van der Waals surface area contributed by atoms with E-state index in [1.165, 1.54) is 11.3 Å². The molecular weight excluding hydrogens is 156 g/mol. The van der Waals surface area contributed by atoms with Crippen molar-refractivity contribution in [2.75, 3.05) is 0 Å². The lowest BCUT2D eigenvalue weighted by molar-refractivity contribution is 0.169. The van der Waals surface area contributed by atoms with Crippen LogP contribution in [0.1, 0.15) is 24.1 Å². The Hall–Kier alpha value is -0.340. The fraction of sp³-hybridized carbons (Fsp3) is 0.556. The summed E-state index contributed by atoms with van der Waals surface area (Å²) in [4.78, 5) is 1.44. The summed E-state index contributed by atoms with van der Waals surface area (Å²) in [6.07, 6.45) is 1.06. The molecule has 60 valence electrons. The van der Waals surface area contributed by atoms with E-state index < -0.39 is 0 Å². The van der Waals surface area contributed by atoms with Gasteiger partial charge in [0, 0.05) is 4.88 Å². The molecule has 0 aromatic carbocycles. The molecule has 0 amide bonds. The molecule has 1 nitrogen and oxygen atoms in total. The van der Waals surface area contributed by atoms with Gasteiger partial charge in [0.05, 0.1) is 6.10 Å². The van der Waals surface area contributed by atoms with Gasteiger partial charge in [-0.05, 0) is 36.6 Å². The first-order valence-electron chi connectivity index (χ1n) is 4.00. The molecule has 1 fully saturated rings. The fourth-order valence-corrected chi connectivity index (χ4v) is 2.49. The topological polar surface area (TPSA) is 20.2 Å². The summed E-state index contributed by atoms with van der Waals surface area (Å²) >= 11 is 1.80. The molecule has 0 radical (unpaired) electrons. The fourth-order valence-electron chi connectivity index (χ4n) is 1.58. The van der Waals surface area contributed by atoms with Crippen molar-refractivity contribution in [2.45, 2.75) is 25.4 Å². The van der Waals surface area contributed by atoms with E-state index in [1.54, 1.807) is 11.3 Å². The lowest BCUT2D eigenvalue weighted by Gasteiger charge is -1.99. The molecule has 11 heavy (non-hydrogen) atoms. The van der Waals surface area contributed by atoms with Gasteiger partial charge in [-0.25, -0.2) is 0 Å². The van der Waals surface area contributed by atoms with Crippen LogP contribution in [-0.2, 0) is 0 Å². The van der Waals surface area contributed by atoms with Crippen LogP contribution in [0.4, 0.5) is 0 Å². The van der Waals surface area contributed by atoms with Crippen LogP contribution in [0.3, 0.4) is 0 Å². The zero-order chi connectivity index (χ0) is 7.84. The summed E-state index contributed by atoms with van der Waals surface area (Å²) in [5, 5.41) is 11.4. The van der Waals surface area contributed by atoms with Crippen molar-refractivity contribution < 1.29 is 5.11 Å². The highest BCUT2D eigenvalue weighted by atomic mass is 32.1. The molecule has 1 heterocycles. The SMILES string of the molecule is C[C@H](O)[C@@H]1C[C@@H]1c1cccs1. The summed E-state index contributed by atoms with van der Waals surface area (Å²) in [5.74, 6) is 1.20. The van der Waals surface area contributed by atoms with E-state index in [4.69, 9.17) is 0 Å². The minimum Gasteiger partial charge on any atom is -0.393 e. The van der Waals surface area contributed by atoms with Crippen LogP contribution in [0.15, 0.2) is 17.5 Å². The standard InChI is InChI=1S/C9H12OS/c1-6(10)7-5-8(7)9-3-2-4-11-9/h2-4,6-8,10H,5H2,1H3/t6-,7-,8-/m0/s1. The molecule has 1 aromatic rings. The van der Waals surface area contributed by atoms with E-state index in [9.17, 15) is 5.11 Å². The molecule has 1 N–H and O–H groups in total. The second kappa shape index (κ2) is 2.61. The summed E-state index contributed by atoms with van der Waals surface area (Å²) in [7, 11) is 0. The lowest BCUT2D eigenvalue weighted by atomic mass is 10.2. The summed E-state index contributed by atoms with van der Waals surface area (Å²) in [5.41, 5.74) is 0. The van der Waals surface area contributed by atoms with Crippen molar-refractivity contribution in [1.82, 2.24) is 0 Å². The van der Waals surface area contributed by atoms with Gasteiger partial charge in [-0.2, -0.15) is 0 Å². The second-order valence-electron chi connectivity index (χ2n) is 3.26. The maximum atomic E-state index is 9.27. The van der Waals surface area contributed by atoms with Crippen LogP contribution in [0.2, 0.25) is 0 Å². The summed E-state index contributed by atoms with van der Waals surface area (Å²) in [6, 6.07) is 4.25. The molecule has 2 heteroatoms. The van der Waals surface area contributed by atoms with Crippen LogP contribution in [-0.4, -0.2) is 11.2 Å². The smallest absolute Gasteiger partial charge is 0.0546 e. The van der Waals surface area contributed by atoms with Crippen LogP contribution in [0.25, 0.3) is 0 Å². The highest BCUT2D eigenvalue weighted by molar-refractivity contribution is 7.10. The number of aliphatic hydroxyl groups excluding tert-OH is 1. The third-order valence-electron chi connectivity index (χ3n) is 2.37. The molecule has 0 saturated heterocycles. The van der Waals surface area contributed by atoms with Crippen molar-refractivity contribution in [3.05, 3.63) is 22.4 Å². The average Bonchev–Trinajstić information content (AvgIpc) is 2.60. The Labute approximate surface area is 70.7 Å². The van der Waals surface area contributed by atoms with E-state index in [1.807, 2.05) is 6.92 Å². The second-order valence-corrected chi connectivity index (χ2v) is 4.24. The summed E-state index contributed by atoms with van der Waals surface area (Å²) in [6.45, 7) is 1.89. The number of thiophene rings is 1. The molecule has 1 saturated carbocycles. The van der Waals surface area contributed by atoms with Crippen molar-refractivity contribution in [2.24, 2.45) is 5.92 Å². The van der Waals surface area contributed by atoms with Crippen LogP contribution >= 0.6 is 11.3 Å². The normalized spacial score (nSPS) is 31.8. The average molecular weight is 168 g/mol. The van der Waals surface area contributed by atoms with E-state index >= 15 is 0 Å². The van der Waals surface area contributed by atoms with Gasteiger partial charge in [0.1, 0.15) is 0 Å². The Morgan fingerprint density at radius 1 is 1.73 bits per heavy atom. The molecule has 0 unspecified atom stereocenters. The van der Waals surface area contributed by atoms with Gasteiger partial charge < -0.3 is 5.11 Å². The Bertz CT molecular complexity index is 228. The lowest BCUT2D eigenvalue weighted by Crippen LogP contribution is -2.02. The molecular formula is C9H12OS. The first kappa shape index (κ1) is 7.32. The molecule has 1 aliphatic carbocycles. The van der Waals surface area contributed by atoms with Crippen molar-refractivity contribution in [3.8, 4) is 0 Å². The third-order valence-corrected chi connectivity index (χ3v) is 3.37. The minimum atomic E-state index is -0.123. The highest BCUT2D eigenvalue weighted by Gasteiger charge is 2.41. The van der Waals surface area contributed by atoms with Crippen LogP contribution in [0.5, 0.6) is 0 Å². The monoisotopic (exact) mass is 168 g/mol. The zero-order valence-electron chi connectivity index (χ0n) is 6.53. The molecule has 0 aliphatic heterocycles. The van der Waals surface area contributed by atoms with E-state index in [2.05, 4.69) is 17.5 Å². The van der Waals surface area contributed by atoms with Crippen molar-refractivity contribution in [3.63, 3.8) is 0 Å². The molecule has 2 rings (SSSR count). The van der Waals surface area contributed by atoms with E-state index in [0.29, 0.717) is 11.8 Å². The van der Waals surface area contributed by atoms with Gasteiger partial charge in [-0.3, -0.25) is 0 Å². The van der Waals surface area contributed by atoms with Gasteiger partial charge in [0.25, 0.3) is 0 Å². The number of aliphatic hydroxyl groups is 1. The van der Waals surface area contributed by atoms with Gasteiger partial charge in [-0.15, -0.1) is 11.3 Å². The largest absolute Gasteiger partial charge is 0.393 e. The predicted molar refractivity (Wildman–Crippen MR) is 46.8 cm³/mol. The Morgan fingerprint density at radius 3 is 3.00 bits per heavy atom. The molecule has 0 spiro atoms. The van der Waals surface area contributed by atoms with Gasteiger partial charge in [-0.1, -0.05) is 6.07 Å². The predicted octanol–water partition coefficient (Wildman–Crippen LogP) is 2.23. The maximum Gasteiger partial charge on any atom is 0.0546 e. The number of hydrogen-bond acceptors (Lipinski definition) is 2. The number of hydrogen-bond donors (Lipinski definition) is 1. The zero-order valence-corrected chi connectivity index (χ0v) is 7.34. The Kier molecular flexibility index (Phi) is 1.74. The van der Waals surface area contributed by atoms with Gasteiger partial charge in [0.2, 0.25) is 0 Å². The molecule has 0 bridgehead atoms. The first-order valence-corrected chi connectivity index (χ1v) is 4.88. The van der Waals surface area contributed by atoms with Crippen molar-refractivity contribution >= 4 is 11.3 Å². The quantitative estimate of drug-likeness (QED) is 0.718. The van der Waals surface area contributed by atoms with E-state index in [-0.39, 0.29) is 6.10 Å². The van der Waals surface area contributed by atoms with E-state index in [0.717, 1.165) is 0 Å². The number of rotatable bonds is 2. The Balaban J connectivity index is 2.02. The maximum absolute atomic E-state index is 9.27. The summed E-state index contributed by atoms with van der Waals surface area (Å²) < 4.78 is 0. The first-order chi connectivity index (χ1) is 5.29.